The zero-order valence-electron chi connectivity index (χ0n) is 35.1. The van der Waals surface area contributed by atoms with Crippen LogP contribution in [0.25, 0.3) is 0 Å². The third-order valence-electron chi connectivity index (χ3n) is 9.15. The number of carboxylic acids is 1. The highest BCUT2D eigenvalue weighted by molar-refractivity contribution is 5.70. The van der Waals surface area contributed by atoms with Crippen molar-refractivity contribution in [2.24, 2.45) is 0 Å². The van der Waals surface area contributed by atoms with Crippen molar-refractivity contribution >= 4 is 17.9 Å². The largest absolute Gasteiger partial charge is 0.544 e. The molecule has 0 rings (SSSR count). The first-order valence-electron chi connectivity index (χ1n) is 21.3. The van der Waals surface area contributed by atoms with Gasteiger partial charge in [0.05, 0.1) is 40.3 Å². The van der Waals surface area contributed by atoms with Gasteiger partial charge in [-0.1, -0.05) is 132 Å². The minimum atomic E-state index is -1.13. The number of rotatable bonds is 37. The molecule has 0 saturated carbocycles. The molecule has 2 atom stereocenters. The van der Waals surface area contributed by atoms with E-state index >= 15 is 0 Å². The molecule has 8 heteroatoms. The fourth-order valence-corrected chi connectivity index (χ4v) is 5.89. The van der Waals surface area contributed by atoms with E-state index in [4.69, 9.17) is 14.2 Å². The normalized spacial score (nSPS) is 13.6. The van der Waals surface area contributed by atoms with Crippen LogP contribution in [0.4, 0.5) is 0 Å². The molecule has 0 radical (unpaired) electrons. The van der Waals surface area contributed by atoms with Gasteiger partial charge in [-0.15, -0.1) is 0 Å². The fourth-order valence-electron chi connectivity index (χ4n) is 5.89. The van der Waals surface area contributed by atoms with Crippen molar-refractivity contribution in [3.05, 3.63) is 60.8 Å². The third kappa shape index (κ3) is 34.8. The van der Waals surface area contributed by atoms with Crippen molar-refractivity contribution in [3.8, 4) is 0 Å². The van der Waals surface area contributed by atoms with Crippen LogP contribution >= 0.6 is 0 Å². The summed E-state index contributed by atoms with van der Waals surface area (Å²) < 4.78 is 17.1. The van der Waals surface area contributed by atoms with E-state index < -0.39 is 18.1 Å². The summed E-state index contributed by atoms with van der Waals surface area (Å²) in [5.74, 6) is -1.77. The molecular weight excluding hydrogens is 679 g/mol. The van der Waals surface area contributed by atoms with E-state index in [1.54, 1.807) is 21.1 Å². The molecule has 54 heavy (non-hydrogen) atoms. The summed E-state index contributed by atoms with van der Waals surface area (Å²) in [7, 11) is 5.39. The number of carbonyl (C=O) groups is 3. The zero-order chi connectivity index (χ0) is 40.0. The van der Waals surface area contributed by atoms with Crippen LogP contribution in [-0.2, 0) is 28.6 Å². The first kappa shape index (κ1) is 51.0. The van der Waals surface area contributed by atoms with Crippen molar-refractivity contribution in [3.63, 3.8) is 0 Å². The predicted molar refractivity (Wildman–Crippen MR) is 222 cm³/mol. The van der Waals surface area contributed by atoms with E-state index in [1.165, 1.54) is 38.5 Å². The first-order valence-corrected chi connectivity index (χ1v) is 21.3. The van der Waals surface area contributed by atoms with Crippen molar-refractivity contribution in [2.45, 2.75) is 174 Å². The van der Waals surface area contributed by atoms with Gasteiger partial charge in [-0.2, -0.15) is 0 Å². The number of unbranched alkanes of at least 4 members (excludes halogenated alkanes) is 13. The number of ether oxygens (including phenoxy) is 3. The van der Waals surface area contributed by atoms with Crippen LogP contribution in [-0.4, -0.2) is 75.5 Å². The van der Waals surface area contributed by atoms with Gasteiger partial charge in [-0.25, -0.2) is 0 Å². The second-order valence-corrected chi connectivity index (χ2v) is 15.2. The number of nitrogens with zero attached hydrogens (tertiary/aromatic N) is 1. The van der Waals surface area contributed by atoms with Gasteiger partial charge in [0.1, 0.15) is 12.6 Å². The fraction of sp³-hybridized carbons (Fsp3) is 0.717. The van der Waals surface area contributed by atoms with Crippen LogP contribution in [0, 0.1) is 0 Å². The van der Waals surface area contributed by atoms with E-state index in [0.29, 0.717) is 12.8 Å². The molecule has 2 unspecified atom stereocenters. The van der Waals surface area contributed by atoms with Gasteiger partial charge in [-0.3, -0.25) is 9.59 Å². The predicted octanol–water partition coefficient (Wildman–Crippen LogP) is 10.1. The Morgan fingerprint density at radius 3 is 1.44 bits per heavy atom. The molecule has 8 nitrogen and oxygen atoms in total. The first-order chi connectivity index (χ1) is 26.1. The Labute approximate surface area is 330 Å². The standard InChI is InChI=1S/C46H79NO7/c1-6-8-10-12-14-16-18-20-22-23-25-27-29-31-33-35-37-45(49)54-42(40-52-39-38-43(46(50)51)47(3,4)5)41-53-44(48)36-34-32-30-28-26-24-21-19-17-15-13-11-9-7-2/h8-11,14-17,20,22,42-43H,6-7,12-13,18-19,21,23-41H2,1-5H3/b10-8+,11-9+,16-14+,17-15+,22-20+. The van der Waals surface area contributed by atoms with E-state index in [2.05, 4.69) is 74.6 Å². The van der Waals surface area contributed by atoms with E-state index in [9.17, 15) is 19.5 Å². The summed E-state index contributed by atoms with van der Waals surface area (Å²) >= 11 is 0. The van der Waals surface area contributed by atoms with Gasteiger partial charge in [0.15, 0.2) is 6.10 Å². The Kier molecular flexibility index (Phi) is 34.9. The molecular formula is C46H79NO7. The lowest BCUT2D eigenvalue weighted by atomic mass is 10.1. The molecule has 0 aliphatic heterocycles. The molecule has 0 saturated heterocycles. The van der Waals surface area contributed by atoms with Gasteiger partial charge in [0.2, 0.25) is 0 Å². The lowest BCUT2D eigenvalue weighted by molar-refractivity contribution is -0.889. The zero-order valence-corrected chi connectivity index (χ0v) is 35.1. The van der Waals surface area contributed by atoms with Crippen LogP contribution in [0.2, 0.25) is 0 Å². The summed E-state index contributed by atoms with van der Waals surface area (Å²) in [5.41, 5.74) is 0. The van der Waals surface area contributed by atoms with Gasteiger partial charge in [0.25, 0.3) is 0 Å². The maximum Gasteiger partial charge on any atom is 0.306 e. The van der Waals surface area contributed by atoms with Gasteiger partial charge in [0, 0.05) is 19.3 Å². The Morgan fingerprint density at radius 1 is 0.556 bits per heavy atom. The molecule has 0 amide bonds. The van der Waals surface area contributed by atoms with Crippen molar-refractivity contribution < 1.29 is 38.2 Å². The molecule has 0 aromatic carbocycles. The van der Waals surface area contributed by atoms with Gasteiger partial charge in [-0.05, 0) is 70.6 Å². The summed E-state index contributed by atoms with van der Waals surface area (Å²) in [6, 6.07) is -0.731. The van der Waals surface area contributed by atoms with Gasteiger partial charge >= 0.3 is 11.9 Å². The SMILES string of the molecule is CC/C=C/C/C=C/C/C=C/CCCCCCCCC(=O)OC(COCCC(C(=O)[O-])[N+](C)(C)C)COC(=O)CCCCCCCCC/C=C/C/C=C/CC. The highest BCUT2D eigenvalue weighted by atomic mass is 16.6. The van der Waals surface area contributed by atoms with Crippen molar-refractivity contribution in [2.75, 3.05) is 41.0 Å². The second-order valence-electron chi connectivity index (χ2n) is 15.2. The molecule has 0 aromatic rings. The average molecular weight is 758 g/mol. The smallest absolute Gasteiger partial charge is 0.306 e. The van der Waals surface area contributed by atoms with Crippen LogP contribution in [0.1, 0.15) is 162 Å². The molecule has 0 aliphatic carbocycles. The Morgan fingerprint density at radius 2 is 0.981 bits per heavy atom. The number of hydrogen-bond acceptors (Lipinski definition) is 7. The maximum atomic E-state index is 12.7. The quantitative estimate of drug-likeness (QED) is 0.0269. The molecule has 310 valence electrons. The number of carboxylic acid groups (broad SMARTS) is 1. The molecule has 0 N–H and O–H groups in total. The van der Waals surface area contributed by atoms with Gasteiger partial charge < -0.3 is 28.6 Å². The molecule has 0 heterocycles. The molecule has 0 aromatic heterocycles. The number of allylic oxidation sites excluding steroid dienone is 10. The number of likely N-dealkylation sites (N-methyl/N-ethyl adjacent to an activating group) is 1. The molecule has 0 spiro atoms. The summed E-state index contributed by atoms with van der Waals surface area (Å²) in [6.45, 7) is 4.41. The highest BCUT2D eigenvalue weighted by Gasteiger charge is 2.25. The number of esters is 2. The summed E-state index contributed by atoms with van der Waals surface area (Å²) in [4.78, 5) is 36.8. The van der Waals surface area contributed by atoms with E-state index in [0.717, 1.165) is 89.9 Å². The Balaban J connectivity index is 4.40. The number of carbonyl (C=O) groups excluding carboxylic acids is 3. The van der Waals surface area contributed by atoms with E-state index in [1.807, 2.05) is 0 Å². The van der Waals surface area contributed by atoms with Crippen LogP contribution in [0.15, 0.2) is 60.8 Å². The molecule has 0 fully saturated rings. The van der Waals surface area contributed by atoms with E-state index in [-0.39, 0.29) is 42.7 Å². The third-order valence-corrected chi connectivity index (χ3v) is 9.15. The number of quaternary nitrogens is 1. The van der Waals surface area contributed by atoms with Crippen LogP contribution < -0.4 is 5.11 Å². The lowest BCUT2D eigenvalue weighted by Gasteiger charge is -2.34. The second kappa shape index (κ2) is 37.0. The summed E-state index contributed by atoms with van der Waals surface area (Å²) in [5, 5.41) is 11.6. The maximum absolute atomic E-state index is 12.7. The molecule has 0 aliphatic rings. The number of aliphatic carboxylic acids is 1. The highest BCUT2D eigenvalue weighted by Crippen LogP contribution is 2.13. The minimum Gasteiger partial charge on any atom is -0.544 e. The van der Waals surface area contributed by atoms with Crippen LogP contribution in [0.5, 0.6) is 0 Å². The monoisotopic (exact) mass is 758 g/mol. The summed E-state index contributed by atoms with van der Waals surface area (Å²) in [6.07, 6.45) is 43.8. The Bertz CT molecular complexity index is 1070. The van der Waals surface area contributed by atoms with Crippen molar-refractivity contribution in [1.82, 2.24) is 0 Å². The minimum absolute atomic E-state index is 0.0304. The van der Waals surface area contributed by atoms with Crippen LogP contribution in [0.3, 0.4) is 0 Å². The lowest BCUT2D eigenvalue weighted by Crippen LogP contribution is -2.55. The van der Waals surface area contributed by atoms with Crippen molar-refractivity contribution in [1.29, 1.82) is 0 Å². The molecule has 0 bridgehead atoms. The topological polar surface area (TPSA) is 102 Å². The average Bonchev–Trinajstić information content (AvgIpc) is 3.12. The number of hydrogen-bond donors (Lipinski definition) is 0. The Hall–Kier alpha value is -2.97.